The average molecular weight is 252 g/mol. The van der Waals surface area contributed by atoms with Gasteiger partial charge in [-0.05, 0) is 34.8 Å². The Balaban J connectivity index is 2.95. The van der Waals surface area contributed by atoms with Gasteiger partial charge in [0, 0.05) is 16.2 Å². The predicted molar refractivity (Wildman–Crippen MR) is 72.9 cm³/mol. The number of hydrogen-bond acceptors (Lipinski definition) is 2. The highest BCUT2D eigenvalue weighted by Crippen LogP contribution is 2.24. The molecule has 18 heavy (non-hydrogen) atoms. The van der Waals surface area contributed by atoms with Gasteiger partial charge in [0.25, 0.3) is 0 Å². The van der Waals surface area contributed by atoms with Crippen molar-refractivity contribution in [2.75, 3.05) is 13.6 Å². The van der Waals surface area contributed by atoms with E-state index in [4.69, 9.17) is 17.1 Å². The summed E-state index contributed by atoms with van der Waals surface area (Å²) in [4.78, 5) is 11.4. The maximum absolute atomic E-state index is 11.4. The summed E-state index contributed by atoms with van der Waals surface area (Å²) in [6.45, 7) is -1.56. The topological polar surface area (TPSA) is 38.3 Å². The molecule has 0 aliphatic rings. The quantitative estimate of drug-likeness (QED) is 0.908. The lowest BCUT2D eigenvalue weighted by Crippen LogP contribution is -2.22. The third-order valence-electron chi connectivity index (χ3n) is 2.19. The summed E-state index contributed by atoms with van der Waals surface area (Å²) >= 11 is 0. The van der Waals surface area contributed by atoms with Gasteiger partial charge in [-0.15, -0.1) is 0 Å². The second kappa shape index (κ2) is 5.54. The van der Waals surface area contributed by atoms with Crippen molar-refractivity contribution in [2.45, 2.75) is 13.3 Å². The number of benzene rings is 2. The van der Waals surface area contributed by atoms with Gasteiger partial charge in [0.2, 0.25) is 5.91 Å². The first-order valence-corrected chi connectivity index (χ1v) is 5.22. The second-order valence-corrected chi connectivity index (χ2v) is 3.48. The molecule has 0 aromatic heterocycles. The van der Waals surface area contributed by atoms with E-state index in [9.17, 15) is 4.79 Å². The minimum absolute atomic E-state index is 0.0951. The number of hydrogen-bond donors (Lipinski definition) is 1. The molecule has 2 aromatic rings. The summed E-state index contributed by atoms with van der Waals surface area (Å²) in [5, 5.41) is -0.311. The smallest absolute Gasteiger partial charge is 0.216 e. The van der Waals surface area contributed by atoms with E-state index in [0.29, 0.717) is 0 Å². The summed E-state index contributed by atoms with van der Waals surface area (Å²) in [7, 11) is 1.19. The van der Waals surface area contributed by atoms with Crippen molar-refractivity contribution >= 4 is 16.7 Å². The zero-order chi connectivity index (χ0) is 20.8. The molecule has 0 aliphatic carbocycles. The molecule has 2 aromatic carbocycles. The van der Waals surface area contributed by atoms with Crippen LogP contribution in [0.1, 0.15) is 23.5 Å². The fourth-order valence-corrected chi connectivity index (χ4v) is 1.41. The molecule has 0 spiro atoms. The number of rotatable bonds is 4. The van der Waals surface area contributed by atoms with Crippen LogP contribution in [0.5, 0.6) is 5.75 Å². The fourth-order valence-electron chi connectivity index (χ4n) is 1.41. The maximum atomic E-state index is 11.4. The lowest BCUT2D eigenvalue weighted by molar-refractivity contribution is -0.118. The molecule has 0 atom stereocenters. The van der Waals surface area contributed by atoms with Gasteiger partial charge in [-0.3, -0.25) is 4.79 Å². The number of carbonyl (C=O) groups is 1. The van der Waals surface area contributed by atoms with Crippen LogP contribution < -0.4 is 10.0 Å². The van der Waals surface area contributed by atoms with Crippen molar-refractivity contribution in [3.05, 3.63) is 41.8 Å². The van der Waals surface area contributed by atoms with Crippen LogP contribution in [0.25, 0.3) is 10.8 Å². The molecule has 94 valence electrons. The third-order valence-corrected chi connectivity index (χ3v) is 2.19. The van der Waals surface area contributed by atoms with Gasteiger partial charge < -0.3 is 10.0 Å². The highest BCUT2D eigenvalue weighted by molar-refractivity contribution is 5.87. The number of amides is 1. The van der Waals surface area contributed by atoms with Gasteiger partial charge in [0.15, 0.2) is 1.41 Å². The SMILES string of the molecule is [2H]c1c([2H])c(CC([2H])([2H])N([2H])C(C)=O)c2c([2H])c(OC)c([2H])c([2H])c2c1[2H]. The van der Waals surface area contributed by atoms with E-state index in [1.165, 1.54) is 7.11 Å². The Morgan fingerprint density at radius 2 is 2.33 bits per heavy atom. The largest absolute Gasteiger partial charge is 0.497 e. The molecule has 3 heteroatoms. The molecule has 0 radical (unpaired) electrons. The second-order valence-electron chi connectivity index (χ2n) is 3.48. The molecular weight excluding hydrogens is 226 g/mol. The predicted octanol–water partition coefficient (Wildman–Crippen LogP) is 2.53. The highest BCUT2D eigenvalue weighted by atomic mass is 16.5. The molecule has 0 unspecified atom stereocenters. The summed E-state index contributed by atoms with van der Waals surface area (Å²) in [5.74, 6) is -1.16. The van der Waals surface area contributed by atoms with Crippen LogP contribution >= 0.6 is 0 Å². The van der Waals surface area contributed by atoms with Gasteiger partial charge in [-0.25, -0.2) is 0 Å². The van der Waals surface area contributed by atoms with Gasteiger partial charge >= 0.3 is 0 Å². The lowest BCUT2D eigenvalue weighted by Gasteiger charge is -2.08. The standard InChI is InChI=1S/C15H17NO2/c1-11(17)16-9-8-13-5-3-4-12-6-7-14(18-2)10-15(12)13/h3-7,10H,8-9H2,1-2H3,(H,16,17)/i3D,4D,5D,6D,7D,9D2,10D/hD. The summed E-state index contributed by atoms with van der Waals surface area (Å²) < 4.78 is 76.9. The molecular formula is C15H17NO2. The molecule has 3 nitrogen and oxygen atoms in total. The van der Waals surface area contributed by atoms with E-state index < -0.39 is 55.1 Å². The Hall–Kier alpha value is -2.03. The van der Waals surface area contributed by atoms with E-state index in [-0.39, 0.29) is 27.4 Å². The van der Waals surface area contributed by atoms with E-state index in [2.05, 4.69) is 0 Å². The van der Waals surface area contributed by atoms with Crippen molar-refractivity contribution in [3.63, 3.8) is 0 Å². The number of methoxy groups -OCH3 is 1. The normalized spacial score (nSPS) is 18.2. The molecule has 0 saturated heterocycles. The van der Waals surface area contributed by atoms with Crippen LogP contribution in [0.2, 0.25) is 1.41 Å². The van der Waals surface area contributed by atoms with Gasteiger partial charge in [-0.1, -0.05) is 24.2 Å². The van der Waals surface area contributed by atoms with Crippen LogP contribution in [0, 0.1) is 0 Å². The molecule has 1 N–H and O–H groups in total. The molecule has 1 amide bonds. The molecule has 0 bridgehead atoms. The van der Waals surface area contributed by atoms with Gasteiger partial charge in [0.05, 0.1) is 15.3 Å². The maximum Gasteiger partial charge on any atom is 0.216 e. The van der Waals surface area contributed by atoms with Crippen molar-refractivity contribution in [1.29, 1.82) is 0 Å². The monoisotopic (exact) mass is 252 g/mol. The zero-order valence-electron chi connectivity index (χ0n) is 19.0. The number of nitrogens with one attached hydrogen (secondary N) is 1. The zero-order valence-corrected chi connectivity index (χ0v) is 9.97. The Bertz CT molecular complexity index is 946. The van der Waals surface area contributed by atoms with Crippen LogP contribution in [0.15, 0.2) is 36.3 Å². The van der Waals surface area contributed by atoms with Gasteiger partial charge in [0.1, 0.15) is 5.75 Å². The first-order valence-electron chi connectivity index (χ1n) is 9.67. The van der Waals surface area contributed by atoms with Crippen LogP contribution in [-0.2, 0) is 11.2 Å². The number of ether oxygens (including phenoxy) is 1. The highest BCUT2D eigenvalue weighted by Gasteiger charge is 2.03. The third kappa shape index (κ3) is 2.80. The first kappa shape index (κ1) is 5.31. The Morgan fingerprint density at radius 3 is 3.06 bits per heavy atom. The van der Waals surface area contributed by atoms with Crippen molar-refractivity contribution in [1.82, 2.24) is 5.31 Å². The Labute approximate surface area is 119 Å². The Morgan fingerprint density at radius 1 is 1.50 bits per heavy atom. The minimum Gasteiger partial charge on any atom is -0.497 e. The average Bonchev–Trinajstić information content (AvgIpc) is 2.59. The van der Waals surface area contributed by atoms with E-state index in [1.807, 2.05) is 0 Å². The Kier molecular flexibility index (Phi) is 1.63. The van der Waals surface area contributed by atoms with E-state index in [0.717, 1.165) is 6.92 Å². The minimum atomic E-state index is -2.56. The van der Waals surface area contributed by atoms with E-state index >= 15 is 0 Å². The molecule has 0 fully saturated rings. The molecule has 0 saturated carbocycles. The van der Waals surface area contributed by atoms with E-state index in [1.54, 1.807) is 0 Å². The van der Waals surface area contributed by atoms with Crippen LogP contribution in [0.3, 0.4) is 0 Å². The number of aryl methyl sites for hydroxylation is 1. The van der Waals surface area contributed by atoms with Gasteiger partial charge in [-0.2, -0.15) is 0 Å². The molecule has 0 aliphatic heterocycles. The summed E-state index contributed by atoms with van der Waals surface area (Å²) in [6, 6.07) is -3.01. The van der Waals surface area contributed by atoms with Crippen molar-refractivity contribution < 1.29 is 21.9 Å². The van der Waals surface area contributed by atoms with Crippen LogP contribution in [-0.4, -0.2) is 19.5 Å². The first-order chi connectivity index (χ1) is 12.4. The summed E-state index contributed by atoms with van der Waals surface area (Å²) in [5.41, 5.74) is -0.202. The van der Waals surface area contributed by atoms with Crippen LogP contribution in [0.4, 0.5) is 0 Å². The number of fused-ring (bicyclic) bond motifs is 1. The lowest BCUT2D eigenvalue weighted by atomic mass is 10.0. The van der Waals surface area contributed by atoms with Crippen molar-refractivity contribution in [2.24, 2.45) is 0 Å². The fraction of sp³-hybridized carbons (Fsp3) is 0.267. The summed E-state index contributed by atoms with van der Waals surface area (Å²) in [6.07, 6.45) is -0.705. The molecule has 2 rings (SSSR count). The number of carbonyl (C=O) groups excluding carboxylic acids is 1. The van der Waals surface area contributed by atoms with Crippen molar-refractivity contribution in [3.8, 4) is 5.75 Å². The molecule has 0 heterocycles.